The van der Waals surface area contributed by atoms with Crippen molar-refractivity contribution in [2.75, 3.05) is 13.2 Å². The minimum absolute atomic E-state index is 0.0659. The van der Waals surface area contributed by atoms with Crippen molar-refractivity contribution in [3.05, 3.63) is 59.7 Å². The Bertz CT molecular complexity index is 1040. The second-order valence-corrected chi connectivity index (χ2v) is 9.30. The zero-order chi connectivity index (χ0) is 24.3. The molecule has 2 aromatic rings. The highest BCUT2D eigenvalue weighted by Crippen LogP contribution is 2.44. The molecule has 0 saturated heterocycles. The third-order valence-electron chi connectivity index (χ3n) is 7.03. The molecule has 4 rings (SSSR count). The van der Waals surface area contributed by atoms with Crippen LogP contribution in [0.1, 0.15) is 49.7 Å². The first-order valence-electron chi connectivity index (χ1n) is 11.6. The van der Waals surface area contributed by atoms with Gasteiger partial charge in [-0.2, -0.15) is 0 Å². The van der Waals surface area contributed by atoms with Crippen LogP contribution in [0.25, 0.3) is 11.1 Å². The number of carbonyl (C=O) groups is 3. The van der Waals surface area contributed by atoms with Gasteiger partial charge in [-0.1, -0.05) is 55.0 Å². The lowest BCUT2D eigenvalue weighted by Crippen LogP contribution is -2.48. The maximum Gasteiger partial charge on any atom is 0.407 e. The summed E-state index contributed by atoms with van der Waals surface area (Å²) >= 11 is 0. The van der Waals surface area contributed by atoms with E-state index in [0.29, 0.717) is 12.8 Å². The average Bonchev–Trinajstić information content (AvgIpc) is 3.35. The number of alkyl carbamates (subject to hydrolysis) is 1. The molecule has 0 heterocycles. The second kappa shape index (κ2) is 9.85. The van der Waals surface area contributed by atoms with Gasteiger partial charge in [0.25, 0.3) is 0 Å². The van der Waals surface area contributed by atoms with Crippen molar-refractivity contribution in [3.8, 4) is 11.1 Å². The number of amides is 2. The zero-order valence-corrected chi connectivity index (χ0v) is 19.1. The third kappa shape index (κ3) is 4.77. The quantitative estimate of drug-likeness (QED) is 0.474. The Kier molecular flexibility index (Phi) is 6.88. The standard InChI is InChI=1S/C26H30N2O6/c1-26(24(31)32)12-6-11-22(26)28-23(30)13-16(29)14-27-25(33)34-15-21-19-9-4-2-7-17(19)18-8-3-5-10-20(18)21/h2-5,7-10,16,21-22,29H,6,11-15H2,1H3,(H,27,33)(H,28,30)(H,31,32). The van der Waals surface area contributed by atoms with E-state index < -0.39 is 35.5 Å². The molecule has 0 aromatic heterocycles. The molecule has 1 saturated carbocycles. The number of aliphatic carboxylic acids is 1. The summed E-state index contributed by atoms with van der Waals surface area (Å²) in [7, 11) is 0. The van der Waals surface area contributed by atoms with E-state index in [-0.39, 0.29) is 25.5 Å². The minimum atomic E-state index is -1.11. The van der Waals surface area contributed by atoms with E-state index in [0.717, 1.165) is 28.7 Å². The van der Waals surface area contributed by atoms with Gasteiger partial charge in [-0.25, -0.2) is 4.79 Å². The van der Waals surface area contributed by atoms with Gasteiger partial charge in [0.15, 0.2) is 0 Å². The molecule has 2 aliphatic rings. The lowest BCUT2D eigenvalue weighted by atomic mass is 9.85. The van der Waals surface area contributed by atoms with Gasteiger partial charge >= 0.3 is 12.1 Å². The molecule has 3 unspecified atom stereocenters. The van der Waals surface area contributed by atoms with Crippen LogP contribution in [-0.4, -0.2) is 53.5 Å². The lowest BCUT2D eigenvalue weighted by Gasteiger charge is -2.28. The molecule has 3 atom stereocenters. The smallest absolute Gasteiger partial charge is 0.407 e. The van der Waals surface area contributed by atoms with Crippen LogP contribution < -0.4 is 10.6 Å². The van der Waals surface area contributed by atoms with Gasteiger partial charge in [0.2, 0.25) is 5.91 Å². The van der Waals surface area contributed by atoms with Crippen LogP contribution in [-0.2, 0) is 14.3 Å². The highest BCUT2D eigenvalue weighted by molar-refractivity contribution is 5.81. The Balaban J connectivity index is 1.24. The molecule has 2 aromatic carbocycles. The summed E-state index contributed by atoms with van der Waals surface area (Å²) in [6, 6.07) is 15.6. The van der Waals surface area contributed by atoms with Gasteiger partial charge in [0.05, 0.1) is 17.9 Å². The molecule has 2 aliphatic carbocycles. The van der Waals surface area contributed by atoms with Crippen molar-refractivity contribution in [2.45, 2.75) is 50.7 Å². The fourth-order valence-electron chi connectivity index (χ4n) is 5.04. The predicted molar refractivity (Wildman–Crippen MR) is 125 cm³/mol. The molecule has 0 spiro atoms. The Morgan fingerprint density at radius 1 is 1.09 bits per heavy atom. The number of aliphatic hydroxyl groups is 1. The summed E-state index contributed by atoms with van der Waals surface area (Å²) in [4.78, 5) is 36.1. The van der Waals surface area contributed by atoms with Crippen molar-refractivity contribution in [1.82, 2.24) is 10.6 Å². The summed E-state index contributed by atoms with van der Waals surface area (Å²) in [5, 5.41) is 24.9. The minimum Gasteiger partial charge on any atom is -0.481 e. The number of fused-ring (bicyclic) bond motifs is 3. The van der Waals surface area contributed by atoms with Gasteiger partial charge < -0.3 is 25.6 Å². The summed E-state index contributed by atoms with van der Waals surface area (Å²) in [6.45, 7) is 1.64. The maximum absolute atomic E-state index is 12.3. The highest BCUT2D eigenvalue weighted by Gasteiger charge is 2.45. The summed E-state index contributed by atoms with van der Waals surface area (Å²) < 4.78 is 5.43. The molecule has 0 aliphatic heterocycles. The lowest BCUT2D eigenvalue weighted by molar-refractivity contribution is -0.149. The van der Waals surface area contributed by atoms with Gasteiger partial charge in [-0.05, 0) is 42.0 Å². The van der Waals surface area contributed by atoms with E-state index in [1.807, 2.05) is 36.4 Å². The Morgan fingerprint density at radius 3 is 2.32 bits per heavy atom. The largest absolute Gasteiger partial charge is 0.481 e. The number of carbonyl (C=O) groups excluding carboxylic acids is 2. The van der Waals surface area contributed by atoms with Crippen LogP contribution in [0.4, 0.5) is 4.79 Å². The van der Waals surface area contributed by atoms with E-state index in [4.69, 9.17) is 4.74 Å². The van der Waals surface area contributed by atoms with E-state index in [9.17, 15) is 24.6 Å². The number of ether oxygens (including phenoxy) is 1. The molecule has 180 valence electrons. The molecular formula is C26H30N2O6. The fraction of sp³-hybridized carbons (Fsp3) is 0.423. The summed E-state index contributed by atoms with van der Waals surface area (Å²) in [6.07, 6.45) is -0.217. The van der Waals surface area contributed by atoms with Crippen LogP contribution in [0.5, 0.6) is 0 Å². The molecule has 4 N–H and O–H groups in total. The number of benzene rings is 2. The van der Waals surface area contributed by atoms with Crippen molar-refractivity contribution < 1.29 is 29.3 Å². The van der Waals surface area contributed by atoms with Crippen LogP contribution >= 0.6 is 0 Å². The second-order valence-electron chi connectivity index (χ2n) is 9.30. The topological polar surface area (TPSA) is 125 Å². The molecule has 1 fully saturated rings. The number of nitrogens with one attached hydrogen (secondary N) is 2. The molecule has 0 radical (unpaired) electrons. The summed E-state index contributed by atoms with van der Waals surface area (Å²) in [5.41, 5.74) is 3.48. The average molecular weight is 467 g/mol. The van der Waals surface area contributed by atoms with Crippen LogP contribution in [0, 0.1) is 5.41 Å². The number of rotatable bonds is 8. The zero-order valence-electron chi connectivity index (χ0n) is 19.1. The summed E-state index contributed by atoms with van der Waals surface area (Å²) in [5.74, 6) is -1.45. The van der Waals surface area contributed by atoms with Crippen LogP contribution in [0.3, 0.4) is 0 Å². The number of aliphatic hydroxyl groups excluding tert-OH is 1. The Hall–Kier alpha value is -3.39. The monoisotopic (exact) mass is 466 g/mol. The van der Waals surface area contributed by atoms with Gasteiger partial charge in [0, 0.05) is 18.5 Å². The maximum atomic E-state index is 12.3. The van der Waals surface area contributed by atoms with E-state index >= 15 is 0 Å². The third-order valence-corrected chi connectivity index (χ3v) is 7.03. The number of hydrogen-bond acceptors (Lipinski definition) is 5. The number of carboxylic acid groups (broad SMARTS) is 1. The van der Waals surface area contributed by atoms with Crippen molar-refractivity contribution >= 4 is 18.0 Å². The molecule has 34 heavy (non-hydrogen) atoms. The number of carboxylic acids is 1. The predicted octanol–water partition coefficient (Wildman–Crippen LogP) is 3.04. The Morgan fingerprint density at radius 2 is 1.71 bits per heavy atom. The molecule has 8 heteroatoms. The molecular weight excluding hydrogens is 436 g/mol. The highest BCUT2D eigenvalue weighted by atomic mass is 16.5. The van der Waals surface area contributed by atoms with E-state index in [1.54, 1.807) is 6.92 Å². The molecule has 0 bridgehead atoms. The Labute approximate surface area is 198 Å². The van der Waals surface area contributed by atoms with Gasteiger partial charge in [-0.15, -0.1) is 0 Å². The van der Waals surface area contributed by atoms with Crippen molar-refractivity contribution in [2.24, 2.45) is 5.41 Å². The van der Waals surface area contributed by atoms with Crippen LogP contribution in [0.15, 0.2) is 48.5 Å². The SMILES string of the molecule is CC1(C(=O)O)CCCC1NC(=O)CC(O)CNC(=O)OCC1c2ccccc2-c2ccccc21. The van der Waals surface area contributed by atoms with E-state index in [2.05, 4.69) is 22.8 Å². The van der Waals surface area contributed by atoms with Crippen LogP contribution in [0.2, 0.25) is 0 Å². The first-order chi connectivity index (χ1) is 16.3. The van der Waals surface area contributed by atoms with Crippen molar-refractivity contribution in [1.29, 1.82) is 0 Å². The number of hydrogen-bond donors (Lipinski definition) is 4. The van der Waals surface area contributed by atoms with Gasteiger partial charge in [-0.3, -0.25) is 9.59 Å². The van der Waals surface area contributed by atoms with E-state index in [1.165, 1.54) is 0 Å². The fourth-order valence-corrected chi connectivity index (χ4v) is 5.04. The first-order valence-corrected chi connectivity index (χ1v) is 11.6. The molecule has 2 amide bonds. The van der Waals surface area contributed by atoms with Gasteiger partial charge in [0.1, 0.15) is 6.61 Å². The normalized spacial score (nSPS) is 21.9. The van der Waals surface area contributed by atoms with Crippen molar-refractivity contribution in [3.63, 3.8) is 0 Å². The first kappa shape index (κ1) is 23.8. The molecule has 8 nitrogen and oxygen atoms in total.